The molecule has 0 radical (unpaired) electrons. The van der Waals surface area contributed by atoms with Crippen LogP contribution in [0.25, 0.3) is 45.1 Å². The zero-order valence-electron chi connectivity index (χ0n) is 41.1. The van der Waals surface area contributed by atoms with Crippen LogP contribution in [0.3, 0.4) is 0 Å². The van der Waals surface area contributed by atoms with Crippen LogP contribution >= 0.6 is 72.8 Å². The van der Waals surface area contributed by atoms with E-state index in [0.717, 1.165) is 31.1 Å². The topological polar surface area (TPSA) is 291 Å². The number of carboxylic acid groups (broad SMARTS) is 1. The molecule has 8 heterocycles. The Morgan fingerprint density at radius 2 is 1.18 bits per heavy atom. The zero-order valence-corrected chi connectivity index (χ0v) is 45.9. The Kier molecular flexibility index (Phi) is 24.4. The van der Waals surface area contributed by atoms with E-state index in [4.69, 9.17) is 49.2 Å². The number of aromatic nitrogens is 12. The molecule has 0 saturated carbocycles. The molecule has 0 bridgehead atoms. The van der Waals surface area contributed by atoms with Crippen LogP contribution in [0.1, 0.15) is 35.1 Å². The summed E-state index contributed by atoms with van der Waals surface area (Å²) in [5.74, 6) is 1.91. The molecule has 2 atom stereocenters. The third kappa shape index (κ3) is 14.7. The number of carbonyl (C=O) groups excluding carboxylic acids is 1. The number of amides is 1. The second-order valence-electron chi connectivity index (χ2n) is 16.5. The molecule has 2 aliphatic heterocycles. The molecule has 0 aliphatic carbocycles. The number of piperazine rings is 2. The van der Waals surface area contributed by atoms with Gasteiger partial charge in [-0.15, -0.1) is 49.6 Å². The van der Waals surface area contributed by atoms with Crippen LogP contribution in [0.2, 0.25) is 10.0 Å². The van der Waals surface area contributed by atoms with Crippen LogP contribution in [0.5, 0.6) is 11.5 Å². The molecule has 76 heavy (non-hydrogen) atoms. The van der Waals surface area contributed by atoms with Crippen molar-refractivity contribution in [1.82, 2.24) is 69.6 Å². The molecule has 0 spiro atoms. The number of rotatable bonds is 12. The van der Waals surface area contributed by atoms with Crippen LogP contribution in [0.15, 0.2) is 73.8 Å². The summed E-state index contributed by atoms with van der Waals surface area (Å²) in [6.45, 7) is 14.1. The summed E-state index contributed by atoms with van der Waals surface area (Å²) in [6, 6.07) is 12.3. The van der Waals surface area contributed by atoms with Gasteiger partial charge in [0, 0.05) is 99.6 Å². The number of nitrogen functional groups attached to an aromatic ring is 2. The first-order chi connectivity index (χ1) is 34.3. The number of anilines is 4. The van der Waals surface area contributed by atoms with Gasteiger partial charge in [0.1, 0.15) is 60.3 Å². The number of nitrogens with two attached hydrogens (primary N) is 2. The van der Waals surface area contributed by atoms with E-state index >= 15 is 0 Å². The van der Waals surface area contributed by atoms with Crippen LogP contribution < -0.4 is 36.1 Å². The molecule has 2 aromatic carbocycles. The number of hydrogen-bond donors (Lipinski definition) is 6. The Balaban J connectivity index is 0.000000317. The van der Waals surface area contributed by atoms with Gasteiger partial charge in [0.05, 0.1) is 34.0 Å². The summed E-state index contributed by atoms with van der Waals surface area (Å²) >= 11 is 12.3. The predicted molar refractivity (Wildman–Crippen MR) is 306 cm³/mol. The Labute approximate surface area is 473 Å². The number of nitrogens with zero attached hydrogens (tertiary/aromatic N) is 13. The summed E-state index contributed by atoms with van der Waals surface area (Å²) < 4.78 is 14.0. The smallest absolute Gasteiger partial charge is 0.325 e. The maximum absolute atomic E-state index is 13.3. The first-order valence-corrected chi connectivity index (χ1v) is 23.6. The third-order valence-corrected chi connectivity index (χ3v) is 12.2. The van der Waals surface area contributed by atoms with Gasteiger partial charge in [-0.05, 0) is 52.0 Å². The van der Waals surface area contributed by atoms with E-state index in [1.807, 2.05) is 56.0 Å². The summed E-state index contributed by atoms with van der Waals surface area (Å²) in [5.41, 5.74) is 15.9. The van der Waals surface area contributed by atoms with Crippen LogP contribution in [-0.4, -0.2) is 146 Å². The summed E-state index contributed by atoms with van der Waals surface area (Å²) in [7, 11) is 0. The quantitative estimate of drug-likeness (QED) is 0.0698. The normalized spacial score (nSPS) is 14.7. The van der Waals surface area contributed by atoms with Gasteiger partial charge in [-0.1, -0.05) is 30.6 Å². The first-order valence-electron chi connectivity index (χ1n) is 22.9. The Morgan fingerprint density at radius 3 is 1.62 bits per heavy atom. The van der Waals surface area contributed by atoms with Gasteiger partial charge >= 0.3 is 5.97 Å². The molecule has 6 aromatic heterocycles. The molecule has 2 aliphatic rings. The van der Waals surface area contributed by atoms with E-state index in [1.165, 1.54) is 23.0 Å². The van der Waals surface area contributed by atoms with Crippen molar-refractivity contribution < 1.29 is 24.2 Å². The standard InChI is InChI=1S/C23H26ClN9O2.C13H19ClN2O.C10H9N7O2.CH4.4ClH/c1-3-35-17-10-15(4-5-16(17)24)31-8-9-32(14(2)11-31)18(34)12-33-23-19(21(25)28-13-29-23)20(30-33)22-26-6-7-27-22;1-3-17-13-8-11(4-5-12(13)14)16-7-6-15-10(2)9-16;11-8-6-7(9-12-1-2-13-9)16-17(3-5(18)19)10(6)15-4-14-8;;;;;/h4-7,10,13-14H,3,8-9,11-12H2,1-2H3,(H,26,27)(H2,25,28,29);4-5,8,10,15H,3,6-7,9H2,1-2H3;1-2,4H,3H2,(H,12,13)(H,18,19)(H2,11,14,15);1H4;4*1H/t14-;10-;;;;;;/m00....../s1. The molecule has 412 valence electrons. The molecule has 8 aromatic rings. The second-order valence-corrected chi connectivity index (χ2v) is 17.3. The Hall–Kier alpha value is -6.60. The number of aliphatic carboxylic acids is 1. The summed E-state index contributed by atoms with van der Waals surface area (Å²) in [5, 5.41) is 23.4. The van der Waals surface area contributed by atoms with E-state index in [9.17, 15) is 9.59 Å². The number of aromatic amines is 2. The minimum absolute atomic E-state index is 0. The van der Waals surface area contributed by atoms with Gasteiger partial charge in [-0.2, -0.15) is 10.2 Å². The lowest BCUT2D eigenvalue weighted by Crippen LogP contribution is -2.54. The van der Waals surface area contributed by atoms with Gasteiger partial charge in [0.2, 0.25) is 5.91 Å². The fraction of sp³-hybridized carbons (Fsp3) is 0.362. The molecule has 2 saturated heterocycles. The van der Waals surface area contributed by atoms with Crippen molar-refractivity contribution >= 4 is 130 Å². The van der Waals surface area contributed by atoms with Crippen LogP contribution in [0, 0.1) is 0 Å². The highest BCUT2D eigenvalue weighted by Crippen LogP contribution is 2.33. The lowest BCUT2D eigenvalue weighted by molar-refractivity contribution is -0.138. The second kappa shape index (κ2) is 29.1. The molecule has 29 heteroatoms. The fourth-order valence-corrected chi connectivity index (χ4v) is 8.73. The predicted octanol–water partition coefficient (Wildman–Crippen LogP) is 7.33. The minimum atomic E-state index is -1.02. The lowest BCUT2D eigenvalue weighted by Gasteiger charge is -2.41. The number of nitrogens with one attached hydrogen (secondary N) is 3. The van der Waals surface area contributed by atoms with Crippen molar-refractivity contribution in [2.75, 3.05) is 73.7 Å². The number of hydrogen-bond acceptors (Lipinski definition) is 17. The van der Waals surface area contributed by atoms with E-state index in [0.29, 0.717) is 99.8 Å². The maximum atomic E-state index is 13.3. The summed E-state index contributed by atoms with van der Waals surface area (Å²) in [4.78, 5) is 61.3. The molecule has 0 unspecified atom stereocenters. The summed E-state index contributed by atoms with van der Waals surface area (Å²) in [6.07, 6.45) is 9.17. The van der Waals surface area contributed by atoms with E-state index < -0.39 is 5.97 Å². The highest BCUT2D eigenvalue weighted by atomic mass is 35.5. The van der Waals surface area contributed by atoms with E-state index in [2.05, 4.69) is 78.2 Å². The Bertz CT molecular complexity index is 3110. The molecular weight excluding hydrogens is 1110 g/mol. The number of halogens is 6. The molecule has 10 rings (SSSR count). The molecular formula is C47H62Cl6N18O5. The van der Waals surface area contributed by atoms with Crippen molar-refractivity contribution in [3.63, 3.8) is 0 Å². The van der Waals surface area contributed by atoms with Crippen molar-refractivity contribution in [2.24, 2.45) is 0 Å². The first kappa shape index (κ1) is 63.7. The fourth-order valence-electron chi connectivity index (χ4n) is 8.39. The lowest BCUT2D eigenvalue weighted by atomic mass is 10.1. The van der Waals surface area contributed by atoms with Gasteiger partial charge in [-0.3, -0.25) is 9.59 Å². The van der Waals surface area contributed by atoms with Crippen molar-refractivity contribution in [3.05, 3.63) is 83.9 Å². The number of H-pyrrole nitrogens is 2. The molecule has 23 nitrogen and oxygen atoms in total. The van der Waals surface area contributed by atoms with Crippen molar-refractivity contribution in [3.8, 4) is 34.5 Å². The van der Waals surface area contributed by atoms with Crippen LogP contribution in [0.4, 0.5) is 23.0 Å². The zero-order chi connectivity index (χ0) is 50.2. The molecule has 1 amide bonds. The van der Waals surface area contributed by atoms with Gasteiger partial charge in [-0.25, -0.2) is 39.3 Å². The highest BCUT2D eigenvalue weighted by molar-refractivity contribution is 6.32. The number of fused-ring (bicyclic) bond motifs is 2. The van der Waals surface area contributed by atoms with Gasteiger partial charge in [0.15, 0.2) is 22.9 Å². The van der Waals surface area contributed by atoms with Gasteiger partial charge < -0.3 is 56.0 Å². The van der Waals surface area contributed by atoms with E-state index in [1.54, 1.807) is 29.5 Å². The monoisotopic (exact) mass is 1170 g/mol. The SMILES string of the molecule is C.CCOc1cc(N2CCN(C(=O)Cn3nc(-c4ncc[nH]4)c4c(N)ncnc43)[C@@H](C)C2)ccc1Cl.CCOc1cc(N2CCN[C@@H](C)C2)ccc1Cl.Cl.Cl.Cl.Cl.Nc1ncnc2c1c(-c1ncc[nH]1)nn2CC(=O)O. The van der Waals surface area contributed by atoms with Crippen molar-refractivity contribution in [1.29, 1.82) is 0 Å². The number of carbonyl (C=O) groups is 2. The maximum Gasteiger partial charge on any atom is 0.325 e. The van der Waals surface area contributed by atoms with E-state index in [-0.39, 0.29) is 93.7 Å². The highest BCUT2D eigenvalue weighted by Gasteiger charge is 2.30. The molecule has 2 fully saturated rings. The molecule has 8 N–H and O–H groups in total. The average molecular weight is 1170 g/mol. The number of ether oxygens (including phenoxy) is 2. The minimum Gasteiger partial charge on any atom is -0.492 e. The number of carboxylic acids is 1. The third-order valence-electron chi connectivity index (χ3n) is 11.6. The average Bonchev–Trinajstić information content (AvgIpc) is 4.20. The number of benzene rings is 2. The van der Waals surface area contributed by atoms with Crippen molar-refractivity contribution in [2.45, 2.75) is 60.3 Å². The Morgan fingerprint density at radius 1 is 0.697 bits per heavy atom. The van der Waals surface area contributed by atoms with Gasteiger partial charge in [0.25, 0.3) is 0 Å². The van der Waals surface area contributed by atoms with Crippen LogP contribution in [-0.2, 0) is 22.7 Å². The largest absolute Gasteiger partial charge is 0.492 e. The number of imidazole rings is 2.